The van der Waals surface area contributed by atoms with Crippen LogP contribution in [0.1, 0.15) is 37.3 Å². The molecular weight excluding hydrogens is 423 g/mol. The molecule has 0 bridgehead atoms. The number of benzene rings is 2. The first-order valence-corrected chi connectivity index (χ1v) is 9.61. The van der Waals surface area contributed by atoms with Gasteiger partial charge in [-0.05, 0) is 55.3 Å². The Morgan fingerprint density at radius 1 is 1.17 bits per heavy atom. The van der Waals surface area contributed by atoms with Gasteiger partial charge in [0.15, 0.2) is 0 Å². The van der Waals surface area contributed by atoms with Crippen molar-refractivity contribution < 1.29 is 18.1 Å². The molecule has 0 spiro atoms. The minimum atomic E-state index is -0.597. The summed E-state index contributed by atoms with van der Waals surface area (Å²) < 4.78 is 31.8. The molecule has 9 heteroatoms. The van der Waals surface area contributed by atoms with Crippen LogP contribution in [-0.2, 0) is 11.2 Å². The second-order valence-corrected chi connectivity index (χ2v) is 7.26. The predicted octanol–water partition coefficient (Wildman–Crippen LogP) is 5.52. The molecule has 29 heavy (non-hydrogen) atoms. The van der Waals surface area contributed by atoms with Crippen molar-refractivity contribution in [1.29, 1.82) is 0 Å². The standard InChI is InChI=1S/C20H17Cl2F2N3O2/c1-11(14-9-17(24)16(22)10-15(14)21)25-18(28)3-2-4-19-26-20(27-29-19)12-5-7-13(23)8-6-12/h5-11H,2-4H2,1H3,(H,25,28). The second kappa shape index (κ2) is 9.33. The van der Waals surface area contributed by atoms with Crippen LogP contribution >= 0.6 is 23.2 Å². The lowest BCUT2D eigenvalue weighted by molar-refractivity contribution is -0.121. The molecule has 5 nitrogen and oxygen atoms in total. The number of rotatable bonds is 7. The fourth-order valence-corrected chi connectivity index (χ4v) is 3.28. The number of carbonyl (C=O) groups is 1. The normalized spacial score (nSPS) is 12.0. The zero-order valence-corrected chi connectivity index (χ0v) is 16.9. The SMILES string of the molecule is CC(NC(=O)CCCc1nc(-c2ccc(F)cc2)no1)c1cc(F)c(Cl)cc1Cl. The maximum Gasteiger partial charge on any atom is 0.226 e. The van der Waals surface area contributed by atoms with Crippen molar-refractivity contribution in [3.8, 4) is 11.4 Å². The van der Waals surface area contributed by atoms with Gasteiger partial charge in [0, 0.05) is 23.4 Å². The Bertz CT molecular complexity index is 1010. The summed E-state index contributed by atoms with van der Waals surface area (Å²) in [5.74, 6) is -0.423. The number of carbonyl (C=O) groups excluding carboxylic acids is 1. The van der Waals surface area contributed by atoms with Gasteiger partial charge in [-0.2, -0.15) is 4.98 Å². The lowest BCUT2D eigenvalue weighted by atomic mass is 10.1. The summed E-state index contributed by atoms with van der Waals surface area (Å²) in [5, 5.41) is 6.84. The van der Waals surface area contributed by atoms with Crippen LogP contribution in [0, 0.1) is 11.6 Å². The molecule has 152 valence electrons. The molecular formula is C20H17Cl2F2N3O2. The molecule has 0 saturated carbocycles. The van der Waals surface area contributed by atoms with E-state index in [1.54, 1.807) is 19.1 Å². The molecule has 0 saturated heterocycles. The van der Waals surface area contributed by atoms with Crippen LogP contribution in [0.15, 0.2) is 40.9 Å². The topological polar surface area (TPSA) is 68.0 Å². The summed E-state index contributed by atoms with van der Waals surface area (Å²) in [6, 6.07) is 7.80. The number of hydrogen-bond acceptors (Lipinski definition) is 4. The Labute approximate surface area is 176 Å². The first-order chi connectivity index (χ1) is 13.8. The van der Waals surface area contributed by atoms with Crippen LogP contribution in [0.3, 0.4) is 0 Å². The lowest BCUT2D eigenvalue weighted by Gasteiger charge is -2.16. The molecule has 3 rings (SSSR count). The van der Waals surface area contributed by atoms with Gasteiger partial charge in [0.2, 0.25) is 17.6 Å². The Kier molecular flexibility index (Phi) is 6.82. The van der Waals surface area contributed by atoms with Gasteiger partial charge < -0.3 is 9.84 Å². The quantitative estimate of drug-likeness (QED) is 0.491. The van der Waals surface area contributed by atoms with E-state index in [1.807, 2.05) is 0 Å². The van der Waals surface area contributed by atoms with Crippen LogP contribution in [-0.4, -0.2) is 16.0 Å². The van der Waals surface area contributed by atoms with Gasteiger partial charge in [-0.3, -0.25) is 4.79 Å². The predicted molar refractivity (Wildman–Crippen MR) is 106 cm³/mol. The molecule has 0 radical (unpaired) electrons. The number of nitrogens with one attached hydrogen (secondary N) is 1. The molecule has 0 aliphatic heterocycles. The summed E-state index contributed by atoms with van der Waals surface area (Å²) in [6.07, 6.45) is 1.10. The van der Waals surface area contributed by atoms with Gasteiger partial charge in [0.25, 0.3) is 0 Å². The zero-order chi connectivity index (χ0) is 21.0. The molecule has 1 amide bonds. The Hall–Kier alpha value is -2.51. The zero-order valence-electron chi connectivity index (χ0n) is 15.4. The Morgan fingerprint density at radius 2 is 1.90 bits per heavy atom. The molecule has 1 N–H and O–H groups in total. The van der Waals surface area contributed by atoms with Gasteiger partial charge in [0.1, 0.15) is 11.6 Å². The summed E-state index contributed by atoms with van der Waals surface area (Å²) in [7, 11) is 0. The molecule has 3 aromatic rings. The highest BCUT2D eigenvalue weighted by Gasteiger charge is 2.16. The van der Waals surface area contributed by atoms with Gasteiger partial charge >= 0.3 is 0 Å². The molecule has 0 aliphatic carbocycles. The van der Waals surface area contributed by atoms with E-state index in [1.165, 1.54) is 24.3 Å². The first-order valence-electron chi connectivity index (χ1n) is 8.86. The second-order valence-electron chi connectivity index (χ2n) is 6.45. The van der Waals surface area contributed by atoms with E-state index in [9.17, 15) is 13.6 Å². The smallest absolute Gasteiger partial charge is 0.226 e. The number of aromatic nitrogens is 2. The van der Waals surface area contributed by atoms with E-state index in [2.05, 4.69) is 15.5 Å². The highest BCUT2D eigenvalue weighted by atomic mass is 35.5. The summed E-state index contributed by atoms with van der Waals surface area (Å²) in [6.45, 7) is 1.71. The van der Waals surface area contributed by atoms with E-state index in [0.717, 1.165) is 0 Å². The van der Waals surface area contributed by atoms with Gasteiger partial charge in [-0.1, -0.05) is 28.4 Å². The summed E-state index contributed by atoms with van der Waals surface area (Å²) >= 11 is 11.8. The summed E-state index contributed by atoms with van der Waals surface area (Å²) in [4.78, 5) is 16.4. The largest absolute Gasteiger partial charge is 0.350 e. The summed E-state index contributed by atoms with van der Waals surface area (Å²) in [5.41, 5.74) is 1.09. The van der Waals surface area contributed by atoms with Crippen LogP contribution < -0.4 is 5.32 Å². The average Bonchev–Trinajstić information content (AvgIpc) is 3.14. The molecule has 0 aliphatic rings. The number of aryl methyl sites for hydroxylation is 1. The third-order valence-electron chi connectivity index (χ3n) is 4.25. The van der Waals surface area contributed by atoms with Crippen molar-refractivity contribution in [3.05, 3.63) is 69.5 Å². The maximum absolute atomic E-state index is 13.6. The van der Waals surface area contributed by atoms with Crippen LogP contribution in [0.5, 0.6) is 0 Å². The number of hydrogen-bond donors (Lipinski definition) is 1. The molecule has 2 aromatic carbocycles. The van der Waals surface area contributed by atoms with Crippen molar-refractivity contribution in [2.75, 3.05) is 0 Å². The van der Waals surface area contributed by atoms with E-state index in [0.29, 0.717) is 35.7 Å². The van der Waals surface area contributed by atoms with E-state index in [-0.39, 0.29) is 28.2 Å². The maximum atomic E-state index is 13.6. The molecule has 1 aromatic heterocycles. The van der Waals surface area contributed by atoms with Gasteiger partial charge in [-0.25, -0.2) is 8.78 Å². The van der Waals surface area contributed by atoms with Gasteiger partial charge in [0.05, 0.1) is 11.1 Å². The minimum Gasteiger partial charge on any atom is -0.350 e. The highest BCUT2D eigenvalue weighted by molar-refractivity contribution is 6.35. The third kappa shape index (κ3) is 5.52. The minimum absolute atomic E-state index is 0.0724. The molecule has 1 unspecified atom stereocenters. The lowest BCUT2D eigenvalue weighted by Crippen LogP contribution is -2.26. The van der Waals surface area contributed by atoms with Crippen molar-refractivity contribution in [3.63, 3.8) is 0 Å². The molecule has 1 atom stereocenters. The number of nitrogens with zero attached hydrogens (tertiary/aromatic N) is 2. The van der Waals surface area contributed by atoms with Crippen LogP contribution in [0.4, 0.5) is 8.78 Å². The van der Waals surface area contributed by atoms with Crippen molar-refractivity contribution in [1.82, 2.24) is 15.5 Å². The van der Waals surface area contributed by atoms with Crippen LogP contribution in [0.25, 0.3) is 11.4 Å². The fourth-order valence-electron chi connectivity index (χ4n) is 2.73. The Morgan fingerprint density at radius 3 is 2.62 bits per heavy atom. The van der Waals surface area contributed by atoms with E-state index in [4.69, 9.17) is 27.7 Å². The van der Waals surface area contributed by atoms with Gasteiger partial charge in [-0.15, -0.1) is 0 Å². The van der Waals surface area contributed by atoms with Crippen molar-refractivity contribution in [2.45, 2.75) is 32.2 Å². The average molecular weight is 440 g/mol. The number of halogens is 4. The first kappa shape index (κ1) is 21.2. The number of amides is 1. The van der Waals surface area contributed by atoms with Crippen molar-refractivity contribution in [2.24, 2.45) is 0 Å². The van der Waals surface area contributed by atoms with Crippen molar-refractivity contribution >= 4 is 29.1 Å². The third-order valence-corrected chi connectivity index (χ3v) is 4.87. The highest BCUT2D eigenvalue weighted by Crippen LogP contribution is 2.28. The monoisotopic (exact) mass is 439 g/mol. The Balaban J connectivity index is 1.50. The van der Waals surface area contributed by atoms with Crippen LogP contribution in [0.2, 0.25) is 10.0 Å². The van der Waals surface area contributed by atoms with E-state index >= 15 is 0 Å². The van der Waals surface area contributed by atoms with E-state index < -0.39 is 11.9 Å². The molecule has 0 fully saturated rings. The molecule has 1 heterocycles. The fraction of sp³-hybridized carbons (Fsp3) is 0.250.